The van der Waals surface area contributed by atoms with Crippen LogP contribution in [0.2, 0.25) is 18.1 Å². The predicted molar refractivity (Wildman–Crippen MR) is 101 cm³/mol. The predicted octanol–water partition coefficient (Wildman–Crippen LogP) is 5.22. The molecule has 3 nitrogen and oxygen atoms in total. The van der Waals surface area contributed by atoms with Crippen molar-refractivity contribution in [3.05, 3.63) is 47.5 Å². The first-order valence-electron chi connectivity index (χ1n) is 8.70. The Morgan fingerprint density at radius 3 is 2.44 bits per heavy atom. The van der Waals surface area contributed by atoms with Crippen LogP contribution in [-0.4, -0.2) is 27.6 Å². The third-order valence-electron chi connectivity index (χ3n) is 4.98. The maximum absolute atomic E-state index is 6.61. The molecule has 1 atom stereocenters. The van der Waals surface area contributed by atoms with Crippen molar-refractivity contribution in [3.63, 3.8) is 0 Å². The molecule has 144 valence electrons. The van der Waals surface area contributed by atoms with Crippen molar-refractivity contribution in [1.29, 1.82) is 0 Å². The standard InChI is InChI=1S/C20H31O3Si.Pd/c1-15-13-21-14-17(15)12-19(23-24(6,7)20(3,4)5)11-10-18-9-8-16(2)22-18;/h8-9,19H,1,10-11,13-14H2,2-7H3;/q-1;. The van der Waals surface area contributed by atoms with Gasteiger partial charge in [-0.2, -0.15) is 17.7 Å². The van der Waals surface area contributed by atoms with E-state index in [1.807, 2.05) is 19.1 Å². The van der Waals surface area contributed by atoms with Gasteiger partial charge in [0.25, 0.3) is 0 Å². The first kappa shape index (κ1) is 22.6. The molecule has 1 aromatic rings. The van der Waals surface area contributed by atoms with E-state index in [-0.39, 0.29) is 31.6 Å². The molecule has 2 rings (SSSR count). The fraction of sp³-hybridized carbons (Fsp3) is 0.600. The third kappa shape index (κ3) is 6.34. The van der Waals surface area contributed by atoms with Crippen LogP contribution < -0.4 is 0 Å². The summed E-state index contributed by atoms with van der Waals surface area (Å²) in [5.41, 5.74) is 2.09. The maximum atomic E-state index is 6.61. The average molecular weight is 454 g/mol. The number of ether oxygens (including phenoxy) is 1. The van der Waals surface area contributed by atoms with E-state index in [4.69, 9.17) is 13.6 Å². The summed E-state index contributed by atoms with van der Waals surface area (Å²) in [7, 11) is -1.87. The molecule has 0 spiro atoms. The Balaban J connectivity index is 0.00000312. The Hall–Kier alpha value is -0.441. The number of hydrogen-bond donors (Lipinski definition) is 0. The molecular weight excluding hydrogens is 423 g/mol. The van der Waals surface area contributed by atoms with Gasteiger partial charge in [-0.25, -0.2) is 6.08 Å². The minimum absolute atomic E-state index is 0. The summed E-state index contributed by atoms with van der Waals surface area (Å²) in [5, 5.41) is 0.169. The second-order valence-electron chi connectivity index (χ2n) is 8.14. The van der Waals surface area contributed by atoms with Gasteiger partial charge in [-0.1, -0.05) is 20.8 Å². The van der Waals surface area contributed by atoms with Crippen molar-refractivity contribution in [1.82, 2.24) is 0 Å². The summed E-state index contributed by atoms with van der Waals surface area (Å²) in [4.78, 5) is 0. The van der Waals surface area contributed by atoms with E-state index in [0.717, 1.165) is 35.5 Å². The van der Waals surface area contributed by atoms with E-state index in [1.54, 1.807) is 0 Å². The van der Waals surface area contributed by atoms with Crippen LogP contribution in [0.1, 0.15) is 38.7 Å². The minimum Gasteiger partial charge on any atom is -0.466 e. The molecule has 0 saturated carbocycles. The van der Waals surface area contributed by atoms with Crippen LogP contribution in [0.3, 0.4) is 0 Å². The van der Waals surface area contributed by atoms with E-state index in [1.165, 1.54) is 0 Å². The number of hydrogen-bond acceptors (Lipinski definition) is 3. The molecule has 1 aliphatic rings. The SMILES string of the molecule is C=C1COCC1=[C-]C(CCc1ccc(C)o1)O[Si](C)(C)C(C)(C)C.[Pd]. The second-order valence-corrected chi connectivity index (χ2v) is 12.9. The summed E-state index contributed by atoms with van der Waals surface area (Å²) in [5.74, 6) is 1.95. The molecule has 0 amide bonds. The molecular formula is C20H31O3PdSi-. The van der Waals surface area contributed by atoms with Crippen molar-refractivity contribution in [3.8, 4) is 0 Å². The van der Waals surface area contributed by atoms with Crippen LogP contribution in [0.5, 0.6) is 0 Å². The maximum Gasteiger partial charge on any atom is 0.190 e. The molecule has 25 heavy (non-hydrogen) atoms. The molecule has 1 saturated heterocycles. The van der Waals surface area contributed by atoms with Gasteiger partial charge in [0.15, 0.2) is 8.32 Å². The molecule has 0 bridgehead atoms. The molecule has 0 radical (unpaired) electrons. The van der Waals surface area contributed by atoms with Crippen molar-refractivity contribution in [2.75, 3.05) is 13.2 Å². The normalized spacial score (nSPS) is 18.5. The molecule has 1 fully saturated rings. The van der Waals surface area contributed by atoms with Gasteiger partial charge in [0.2, 0.25) is 0 Å². The van der Waals surface area contributed by atoms with Gasteiger partial charge in [-0.3, -0.25) is 0 Å². The van der Waals surface area contributed by atoms with E-state index >= 15 is 0 Å². The second kappa shape index (κ2) is 8.97. The van der Waals surface area contributed by atoms with Crippen LogP contribution in [0.4, 0.5) is 0 Å². The number of aryl methyl sites for hydroxylation is 2. The van der Waals surface area contributed by atoms with Crippen LogP contribution in [-0.2, 0) is 36.0 Å². The zero-order valence-electron chi connectivity index (χ0n) is 16.3. The van der Waals surface area contributed by atoms with E-state index in [0.29, 0.717) is 13.2 Å². The van der Waals surface area contributed by atoms with Crippen LogP contribution in [0.25, 0.3) is 0 Å². The molecule has 2 heterocycles. The zero-order valence-corrected chi connectivity index (χ0v) is 18.9. The smallest absolute Gasteiger partial charge is 0.190 e. The summed E-state index contributed by atoms with van der Waals surface area (Å²) in [6.07, 6.45) is 5.19. The van der Waals surface area contributed by atoms with Gasteiger partial charge >= 0.3 is 0 Å². The Bertz CT molecular complexity index is 611. The fourth-order valence-corrected chi connectivity index (χ4v) is 3.63. The Morgan fingerprint density at radius 2 is 1.96 bits per heavy atom. The quantitative estimate of drug-likeness (QED) is 0.437. The monoisotopic (exact) mass is 453 g/mol. The summed E-state index contributed by atoms with van der Waals surface area (Å²) < 4.78 is 17.8. The minimum atomic E-state index is -1.87. The van der Waals surface area contributed by atoms with E-state index < -0.39 is 8.32 Å². The van der Waals surface area contributed by atoms with Crippen molar-refractivity contribution < 1.29 is 34.0 Å². The zero-order chi connectivity index (χ0) is 18.0. The molecule has 1 aromatic heterocycles. The fourth-order valence-electron chi connectivity index (χ4n) is 2.39. The van der Waals surface area contributed by atoms with Crippen molar-refractivity contribution >= 4 is 8.32 Å². The largest absolute Gasteiger partial charge is 0.466 e. The molecule has 5 heteroatoms. The molecule has 0 aromatic carbocycles. The van der Waals surface area contributed by atoms with Gasteiger partial charge < -0.3 is 13.6 Å². The van der Waals surface area contributed by atoms with Gasteiger partial charge in [0.1, 0.15) is 11.5 Å². The topological polar surface area (TPSA) is 31.6 Å². The van der Waals surface area contributed by atoms with Gasteiger partial charge in [-0.05, 0) is 49.7 Å². The van der Waals surface area contributed by atoms with Crippen LogP contribution >= 0.6 is 0 Å². The van der Waals surface area contributed by atoms with Crippen LogP contribution in [0.15, 0.2) is 34.3 Å². The summed E-state index contributed by atoms with van der Waals surface area (Å²) in [6.45, 7) is 18.6. The number of furan rings is 1. The van der Waals surface area contributed by atoms with E-state index in [2.05, 4.69) is 46.5 Å². The Labute approximate surface area is 167 Å². The number of rotatable bonds is 6. The molecule has 1 aliphatic heterocycles. The summed E-state index contributed by atoms with van der Waals surface area (Å²) in [6, 6.07) is 4.05. The molecule has 0 N–H and O–H groups in total. The Morgan fingerprint density at radius 1 is 1.28 bits per heavy atom. The Kier molecular flexibility index (Phi) is 8.11. The van der Waals surface area contributed by atoms with E-state index in [9.17, 15) is 0 Å². The first-order chi connectivity index (χ1) is 11.1. The average Bonchev–Trinajstić information content (AvgIpc) is 3.04. The molecule has 1 unspecified atom stereocenters. The summed E-state index contributed by atoms with van der Waals surface area (Å²) >= 11 is 0. The van der Waals surface area contributed by atoms with Gasteiger partial charge in [0.05, 0.1) is 0 Å². The van der Waals surface area contributed by atoms with Crippen molar-refractivity contribution in [2.24, 2.45) is 0 Å². The van der Waals surface area contributed by atoms with Crippen molar-refractivity contribution in [2.45, 2.75) is 64.8 Å². The van der Waals surface area contributed by atoms with Gasteiger partial charge in [0, 0.05) is 40.1 Å². The van der Waals surface area contributed by atoms with Gasteiger partial charge in [-0.15, -0.1) is 0 Å². The first-order valence-corrected chi connectivity index (χ1v) is 11.6. The molecule has 0 aliphatic carbocycles. The third-order valence-corrected chi connectivity index (χ3v) is 9.46. The van der Waals surface area contributed by atoms with Crippen LogP contribution in [0, 0.1) is 13.0 Å².